The predicted octanol–water partition coefficient (Wildman–Crippen LogP) is 2.30. The molecule has 0 spiro atoms. The van der Waals surface area contributed by atoms with Crippen molar-refractivity contribution >= 4 is 0 Å². The summed E-state index contributed by atoms with van der Waals surface area (Å²) in [5.74, 6) is 0. The first-order valence-corrected chi connectivity index (χ1v) is 5.77. The molecule has 1 aromatic carbocycles. The van der Waals surface area contributed by atoms with Gasteiger partial charge in [-0.05, 0) is 12.0 Å². The summed E-state index contributed by atoms with van der Waals surface area (Å²) in [5, 5.41) is 3.43. The lowest BCUT2D eigenvalue weighted by molar-refractivity contribution is -0.0772. The number of benzene rings is 1. The minimum atomic E-state index is -0.0890. The molecule has 1 heterocycles. The first-order valence-electron chi connectivity index (χ1n) is 5.77. The van der Waals surface area contributed by atoms with Crippen LogP contribution in [0.15, 0.2) is 30.3 Å². The number of rotatable bonds is 3. The lowest BCUT2D eigenvalue weighted by Gasteiger charge is -2.38. The van der Waals surface area contributed by atoms with Crippen LogP contribution in [0, 0.1) is 0 Å². The van der Waals surface area contributed by atoms with E-state index >= 15 is 0 Å². The van der Waals surface area contributed by atoms with Crippen LogP contribution in [-0.4, -0.2) is 19.7 Å². The molecule has 1 aliphatic heterocycles. The fourth-order valence-corrected chi connectivity index (χ4v) is 2.30. The van der Waals surface area contributed by atoms with Gasteiger partial charge in [0, 0.05) is 13.1 Å². The molecular formula is C13H19NO. The third-order valence-corrected chi connectivity index (χ3v) is 3.02. The maximum Gasteiger partial charge on any atom is 0.106 e. The van der Waals surface area contributed by atoms with Gasteiger partial charge in [0.2, 0.25) is 0 Å². The number of hydrogen-bond donors (Lipinski definition) is 1. The van der Waals surface area contributed by atoms with Crippen molar-refractivity contribution in [2.24, 2.45) is 0 Å². The van der Waals surface area contributed by atoms with Gasteiger partial charge in [-0.1, -0.05) is 43.7 Å². The Morgan fingerprint density at radius 1 is 1.33 bits per heavy atom. The Balaban J connectivity index is 2.25. The van der Waals surface area contributed by atoms with Crippen LogP contribution in [0.25, 0.3) is 0 Å². The Labute approximate surface area is 91.6 Å². The molecule has 1 atom stereocenters. The summed E-state index contributed by atoms with van der Waals surface area (Å²) in [6.07, 6.45) is 2.24. The first-order chi connectivity index (χ1) is 7.37. The average molecular weight is 205 g/mol. The van der Waals surface area contributed by atoms with Gasteiger partial charge in [0.1, 0.15) is 5.60 Å². The Bertz CT molecular complexity index is 285. The van der Waals surface area contributed by atoms with Gasteiger partial charge in [-0.15, -0.1) is 0 Å². The molecule has 2 nitrogen and oxygen atoms in total. The van der Waals surface area contributed by atoms with E-state index < -0.39 is 0 Å². The van der Waals surface area contributed by atoms with Gasteiger partial charge in [0.25, 0.3) is 0 Å². The number of nitrogens with one attached hydrogen (secondary N) is 1. The standard InChI is InChI=1S/C13H19NO/c1-2-8-13(11-14-9-10-15-13)12-6-4-3-5-7-12/h3-7,14H,2,8-11H2,1H3. The van der Waals surface area contributed by atoms with Crippen molar-refractivity contribution in [3.63, 3.8) is 0 Å². The third-order valence-electron chi connectivity index (χ3n) is 3.02. The Kier molecular flexibility index (Phi) is 3.39. The first kappa shape index (κ1) is 10.7. The second-order valence-corrected chi connectivity index (χ2v) is 4.14. The highest BCUT2D eigenvalue weighted by Gasteiger charge is 2.33. The van der Waals surface area contributed by atoms with E-state index in [1.807, 2.05) is 0 Å². The molecule has 1 saturated heterocycles. The molecule has 0 bridgehead atoms. The van der Waals surface area contributed by atoms with Crippen molar-refractivity contribution in [2.45, 2.75) is 25.4 Å². The van der Waals surface area contributed by atoms with E-state index in [9.17, 15) is 0 Å². The molecule has 2 rings (SSSR count). The summed E-state index contributed by atoms with van der Waals surface area (Å²) < 4.78 is 6.03. The van der Waals surface area contributed by atoms with E-state index in [4.69, 9.17) is 4.74 Å². The minimum absolute atomic E-state index is 0.0890. The van der Waals surface area contributed by atoms with Gasteiger partial charge in [-0.3, -0.25) is 0 Å². The molecule has 15 heavy (non-hydrogen) atoms. The Morgan fingerprint density at radius 2 is 2.13 bits per heavy atom. The molecule has 1 fully saturated rings. The highest BCUT2D eigenvalue weighted by atomic mass is 16.5. The third kappa shape index (κ3) is 2.21. The van der Waals surface area contributed by atoms with E-state index in [-0.39, 0.29) is 5.60 Å². The minimum Gasteiger partial charge on any atom is -0.368 e. The second-order valence-electron chi connectivity index (χ2n) is 4.14. The molecule has 0 radical (unpaired) electrons. The van der Waals surface area contributed by atoms with Crippen LogP contribution in [0.5, 0.6) is 0 Å². The summed E-state index contributed by atoms with van der Waals surface area (Å²) in [7, 11) is 0. The molecule has 1 unspecified atom stereocenters. The summed E-state index contributed by atoms with van der Waals surface area (Å²) in [6, 6.07) is 10.6. The van der Waals surface area contributed by atoms with E-state index in [0.29, 0.717) is 0 Å². The SMILES string of the molecule is CCCC1(c2ccccc2)CNCCO1. The fourth-order valence-electron chi connectivity index (χ4n) is 2.30. The molecule has 1 aromatic rings. The molecule has 0 aliphatic carbocycles. The lowest BCUT2D eigenvalue weighted by atomic mass is 9.88. The molecular weight excluding hydrogens is 186 g/mol. The largest absolute Gasteiger partial charge is 0.368 e. The van der Waals surface area contributed by atoms with Crippen LogP contribution in [0.3, 0.4) is 0 Å². The molecule has 0 amide bonds. The summed E-state index contributed by atoms with van der Waals surface area (Å²) in [5.41, 5.74) is 1.22. The Morgan fingerprint density at radius 3 is 2.73 bits per heavy atom. The van der Waals surface area contributed by atoms with Gasteiger partial charge in [0.15, 0.2) is 0 Å². The maximum atomic E-state index is 6.03. The van der Waals surface area contributed by atoms with Crippen molar-refractivity contribution in [1.29, 1.82) is 0 Å². The highest BCUT2D eigenvalue weighted by molar-refractivity contribution is 5.23. The fraction of sp³-hybridized carbons (Fsp3) is 0.538. The number of ether oxygens (including phenoxy) is 1. The molecule has 0 aromatic heterocycles. The zero-order valence-electron chi connectivity index (χ0n) is 9.33. The van der Waals surface area contributed by atoms with Gasteiger partial charge in [0.05, 0.1) is 6.61 Å². The van der Waals surface area contributed by atoms with E-state index in [2.05, 4.69) is 42.6 Å². The van der Waals surface area contributed by atoms with Crippen LogP contribution in [-0.2, 0) is 10.3 Å². The molecule has 1 N–H and O–H groups in total. The maximum absolute atomic E-state index is 6.03. The zero-order chi connectivity index (χ0) is 10.6. The number of hydrogen-bond acceptors (Lipinski definition) is 2. The monoisotopic (exact) mass is 205 g/mol. The van der Waals surface area contributed by atoms with Crippen molar-refractivity contribution < 1.29 is 4.74 Å². The van der Waals surface area contributed by atoms with Crippen LogP contribution >= 0.6 is 0 Å². The van der Waals surface area contributed by atoms with Crippen LogP contribution < -0.4 is 5.32 Å². The summed E-state index contributed by atoms with van der Waals surface area (Å²) >= 11 is 0. The molecule has 1 aliphatic rings. The smallest absolute Gasteiger partial charge is 0.106 e. The van der Waals surface area contributed by atoms with Crippen molar-refractivity contribution in [3.8, 4) is 0 Å². The van der Waals surface area contributed by atoms with E-state index in [1.165, 1.54) is 5.56 Å². The van der Waals surface area contributed by atoms with Gasteiger partial charge < -0.3 is 10.1 Å². The topological polar surface area (TPSA) is 21.3 Å². The average Bonchev–Trinajstić information content (AvgIpc) is 2.32. The normalized spacial score (nSPS) is 26.5. The molecule has 2 heteroatoms. The van der Waals surface area contributed by atoms with Crippen molar-refractivity contribution in [1.82, 2.24) is 5.32 Å². The van der Waals surface area contributed by atoms with Gasteiger partial charge in [-0.25, -0.2) is 0 Å². The quantitative estimate of drug-likeness (QED) is 0.817. The van der Waals surface area contributed by atoms with Crippen LogP contribution in [0.4, 0.5) is 0 Å². The lowest BCUT2D eigenvalue weighted by Crippen LogP contribution is -2.47. The van der Waals surface area contributed by atoms with E-state index in [0.717, 1.165) is 32.5 Å². The molecule has 0 saturated carbocycles. The van der Waals surface area contributed by atoms with Gasteiger partial charge in [-0.2, -0.15) is 0 Å². The second kappa shape index (κ2) is 4.77. The Hall–Kier alpha value is -0.860. The van der Waals surface area contributed by atoms with Crippen LogP contribution in [0.1, 0.15) is 25.3 Å². The molecule has 82 valence electrons. The van der Waals surface area contributed by atoms with Crippen LogP contribution in [0.2, 0.25) is 0 Å². The predicted molar refractivity (Wildman–Crippen MR) is 61.8 cm³/mol. The van der Waals surface area contributed by atoms with E-state index in [1.54, 1.807) is 0 Å². The zero-order valence-corrected chi connectivity index (χ0v) is 9.33. The van der Waals surface area contributed by atoms with Crippen molar-refractivity contribution in [2.75, 3.05) is 19.7 Å². The summed E-state index contributed by atoms with van der Waals surface area (Å²) in [4.78, 5) is 0. The van der Waals surface area contributed by atoms with Crippen molar-refractivity contribution in [3.05, 3.63) is 35.9 Å². The summed E-state index contributed by atoms with van der Waals surface area (Å²) in [6.45, 7) is 4.93. The highest BCUT2D eigenvalue weighted by Crippen LogP contribution is 2.31. The number of morpholine rings is 1. The van der Waals surface area contributed by atoms with Gasteiger partial charge >= 0.3 is 0 Å².